The molecule has 6 rings (SSSR count). The minimum atomic E-state index is -1.07. The van der Waals surface area contributed by atoms with E-state index in [0.29, 0.717) is 33.4 Å². The summed E-state index contributed by atoms with van der Waals surface area (Å²) in [7, 11) is 0. The van der Waals surface area contributed by atoms with Crippen LogP contribution in [0.2, 0.25) is 0 Å². The lowest BCUT2D eigenvalue weighted by Crippen LogP contribution is -2.49. The number of aromatic amines is 1. The van der Waals surface area contributed by atoms with Gasteiger partial charge < -0.3 is 4.90 Å². The summed E-state index contributed by atoms with van der Waals surface area (Å²) in [5.74, 6) is -3.06. The van der Waals surface area contributed by atoms with E-state index in [1.807, 2.05) is 39.8 Å². The summed E-state index contributed by atoms with van der Waals surface area (Å²) in [6, 6.07) is 6.09. The number of hydrogen-bond acceptors (Lipinski definition) is 6. The summed E-state index contributed by atoms with van der Waals surface area (Å²) in [4.78, 5) is 51.4. The molecule has 4 aromatic heterocycles. The van der Waals surface area contributed by atoms with Gasteiger partial charge in [-0.15, -0.1) is 0 Å². The molecular weight excluding hydrogens is 580 g/mol. The van der Waals surface area contributed by atoms with Crippen molar-refractivity contribution >= 4 is 28.0 Å². The summed E-state index contributed by atoms with van der Waals surface area (Å²) in [5.41, 5.74) is 2.17. The van der Waals surface area contributed by atoms with Crippen LogP contribution in [0.3, 0.4) is 0 Å². The van der Waals surface area contributed by atoms with Gasteiger partial charge in [-0.25, -0.2) is 13.8 Å². The highest BCUT2D eigenvalue weighted by Gasteiger charge is 2.34. The molecule has 1 aromatic carbocycles. The maximum absolute atomic E-state index is 16.4. The largest absolute Gasteiger partial charge is 0.336 e. The third kappa shape index (κ3) is 4.84. The minimum absolute atomic E-state index is 0.00733. The zero-order chi connectivity index (χ0) is 32.3. The molecule has 1 aliphatic heterocycles. The number of rotatable bonds is 5. The van der Waals surface area contributed by atoms with E-state index >= 15 is 4.39 Å². The van der Waals surface area contributed by atoms with Crippen LogP contribution in [0.25, 0.3) is 39.0 Å². The molecule has 45 heavy (non-hydrogen) atoms. The Morgan fingerprint density at radius 2 is 1.89 bits per heavy atom. The Hall–Kier alpha value is -5.00. The predicted molar refractivity (Wildman–Crippen MR) is 168 cm³/mol. The number of likely N-dealkylation sites (tertiary alicyclic amines) is 1. The third-order valence-corrected chi connectivity index (χ3v) is 8.72. The molecule has 5 heterocycles. The molecular formula is C33H33F2N7O3. The molecule has 1 aliphatic rings. The van der Waals surface area contributed by atoms with Gasteiger partial charge >= 0.3 is 11.1 Å². The SMILES string of the molecule is C=C(F)C(=O)N1CCC(n2c(=O)c(=O)n(-c3c(C)ccnc3C(C)C)c3nc(-c4c(C)ccc5[nH]ncc45)c(F)cc32)[C@@H](C)C1. The number of aryl methyl sites for hydroxylation is 2. The van der Waals surface area contributed by atoms with E-state index in [1.165, 1.54) is 20.1 Å². The molecule has 2 atom stereocenters. The van der Waals surface area contributed by atoms with E-state index < -0.39 is 34.7 Å². The number of nitrogens with zero attached hydrogens (tertiary/aromatic N) is 6. The van der Waals surface area contributed by atoms with Crippen LogP contribution in [0.15, 0.2) is 58.7 Å². The number of H-pyrrole nitrogens is 1. The summed E-state index contributed by atoms with van der Waals surface area (Å²) in [6.07, 6.45) is 3.48. The molecule has 1 fully saturated rings. The molecule has 0 saturated carbocycles. The molecule has 0 radical (unpaired) electrons. The van der Waals surface area contributed by atoms with Crippen molar-refractivity contribution in [1.82, 2.24) is 34.2 Å². The topological polar surface area (TPSA) is 119 Å². The highest BCUT2D eigenvalue weighted by Crippen LogP contribution is 2.36. The predicted octanol–water partition coefficient (Wildman–Crippen LogP) is 5.26. The summed E-state index contributed by atoms with van der Waals surface area (Å²) < 4.78 is 32.6. The number of piperidine rings is 1. The van der Waals surface area contributed by atoms with Gasteiger partial charge in [-0.3, -0.25) is 33.6 Å². The first kappa shape index (κ1) is 30.0. The van der Waals surface area contributed by atoms with Gasteiger partial charge in [-0.05, 0) is 55.4 Å². The second kappa shape index (κ2) is 11.2. The van der Waals surface area contributed by atoms with E-state index in [0.717, 1.165) is 5.56 Å². The van der Waals surface area contributed by atoms with Crippen molar-refractivity contribution in [2.24, 2.45) is 5.92 Å². The van der Waals surface area contributed by atoms with Crippen molar-refractivity contribution in [2.75, 3.05) is 13.1 Å². The van der Waals surface area contributed by atoms with Gasteiger partial charge in [-0.2, -0.15) is 5.10 Å². The number of benzene rings is 1. The lowest BCUT2D eigenvalue weighted by molar-refractivity contribution is -0.130. The summed E-state index contributed by atoms with van der Waals surface area (Å²) in [6.45, 7) is 12.7. The molecule has 0 aliphatic carbocycles. The average molecular weight is 614 g/mol. The Bertz CT molecular complexity index is 2150. The molecule has 1 N–H and O–H groups in total. The van der Waals surface area contributed by atoms with E-state index in [2.05, 4.69) is 21.8 Å². The second-order valence-electron chi connectivity index (χ2n) is 12.1. The Labute approximate surface area is 257 Å². The molecule has 232 valence electrons. The van der Waals surface area contributed by atoms with Gasteiger partial charge in [0.2, 0.25) is 0 Å². The maximum Gasteiger partial charge on any atom is 0.322 e. The highest BCUT2D eigenvalue weighted by atomic mass is 19.1. The number of pyridine rings is 2. The minimum Gasteiger partial charge on any atom is -0.336 e. The first-order valence-corrected chi connectivity index (χ1v) is 14.8. The van der Waals surface area contributed by atoms with Crippen molar-refractivity contribution in [3.63, 3.8) is 0 Å². The van der Waals surface area contributed by atoms with Gasteiger partial charge in [0.1, 0.15) is 5.69 Å². The fourth-order valence-corrected chi connectivity index (χ4v) is 6.53. The number of amides is 1. The fourth-order valence-electron chi connectivity index (χ4n) is 6.53. The number of carbonyl (C=O) groups excluding carboxylic acids is 1. The molecule has 5 aromatic rings. The number of fused-ring (bicyclic) bond motifs is 2. The highest BCUT2D eigenvalue weighted by molar-refractivity contribution is 5.96. The first-order chi connectivity index (χ1) is 21.4. The van der Waals surface area contributed by atoms with Crippen molar-refractivity contribution < 1.29 is 13.6 Å². The summed E-state index contributed by atoms with van der Waals surface area (Å²) in [5, 5.41) is 7.69. The first-order valence-electron chi connectivity index (χ1n) is 14.8. The van der Waals surface area contributed by atoms with E-state index in [1.54, 1.807) is 25.4 Å². The van der Waals surface area contributed by atoms with Crippen LogP contribution in [-0.4, -0.2) is 53.2 Å². The normalized spacial score (nSPS) is 17.0. The van der Waals surface area contributed by atoms with Gasteiger partial charge in [0.25, 0.3) is 5.91 Å². The molecule has 1 unspecified atom stereocenters. The van der Waals surface area contributed by atoms with Gasteiger partial charge in [0.15, 0.2) is 17.3 Å². The van der Waals surface area contributed by atoms with Gasteiger partial charge in [0.05, 0.1) is 28.6 Å². The lowest BCUT2D eigenvalue weighted by atomic mass is 9.93. The maximum atomic E-state index is 16.4. The van der Waals surface area contributed by atoms with Crippen molar-refractivity contribution in [1.29, 1.82) is 0 Å². The van der Waals surface area contributed by atoms with Crippen LogP contribution < -0.4 is 11.1 Å². The number of halogens is 2. The van der Waals surface area contributed by atoms with Crippen LogP contribution in [0, 0.1) is 25.6 Å². The molecule has 10 nitrogen and oxygen atoms in total. The molecule has 0 bridgehead atoms. The van der Waals surface area contributed by atoms with Crippen LogP contribution in [0.4, 0.5) is 8.78 Å². The zero-order valence-electron chi connectivity index (χ0n) is 25.7. The van der Waals surface area contributed by atoms with Gasteiger partial charge in [-0.1, -0.05) is 33.4 Å². The molecule has 1 saturated heterocycles. The van der Waals surface area contributed by atoms with E-state index in [9.17, 15) is 18.8 Å². The summed E-state index contributed by atoms with van der Waals surface area (Å²) >= 11 is 0. The van der Waals surface area contributed by atoms with Crippen molar-refractivity contribution in [3.05, 3.63) is 92.4 Å². The second-order valence-corrected chi connectivity index (χ2v) is 12.1. The Morgan fingerprint density at radius 3 is 2.58 bits per heavy atom. The van der Waals surface area contributed by atoms with Crippen molar-refractivity contribution in [2.45, 2.75) is 53.0 Å². The van der Waals surface area contributed by atoms with Crippen LogP contribution in [0.1, 0.15) is 56.0 Å². The van der Waals surface area contributed by atoms with Crippen LogP contribution >= 0.6 is 0 Å². The smallest absolute Gasteiger partial charge is 0.322 e. The third-order valence-electron chi connectivity index (χ3n) is 8.72. The number of carbonyl (C=O) groups is 1. The zero-order valence-corrected chi connectivity index (χ0v) is 25.7. The molecule has 12 heteroatoms. The molecule has 1 amide bonds. The molecule has 0 spiro atoms. The number of nitrogens with one attached hydrogen (secondary N) is 1. The average Bonchev–Trinajstić information content (AvgIpc) is 3.47. The van der Waals surface area contributed by atoms with Gasteiger partial charge in [0, 0.05) is 42.3 Å². The Morgan fingerprint density at radius 1 is 1.13 bits per heavy atom. The number of aromatic nitrogens is 6. The van der Waals surface area contributed by atoms with Crippen LogP contribution in [-0.2, 0) is 4.79 Å². The van der Waals surface area contributed by atoms with Crippen molar-refractivity contribution in [3.8, 4) is 16.9 Å². The number of hydrogen-bond donors (Lipinski definition) is 1. The Balaban J connectivity index is 1.69. The lowest BCUT2D eigenvalue weighted by Gasteiger charge is -2.38. The Kier molecular flexibility index (Phi) is 7.46. The quantitative estimate of drug-likeness (QED) is 0.214. The standard InChI is InChI=1S/C33H33F2N7O3/c1-16(2)27-29(18(4)9-11-36-27)42-30-25(13-22(35)28(38-30)26-17(3)7-8-23-21(26)14-37-39-23)41(32(44)33(42)45)24-10-12-40(15-19(24)5)31(43)20(6)34/h7-9,11,13-14,16,19,24H,6,10,12,15H2,1-5H3,(H,37,39)/t19-,24?/m0/s1. The van der Waals surface area contributed by atoms with Crippen LogP contribution in [0.5, 0.6) is 0 Å². The van der Waals surface area contributed by atoms with E-state index in [4.69, 9.17) is 4.98 Å². The fraction of sp³-hybridized carbons (Fsp3) is 0.333. The monoisotopic (exact) mass is 613 g/mol. The van der Waals surface area contributed by atoms with E-state index in [-0.39, 0.29) is 48.2 Å².